The lowest BCUT2D eigenvalue weighted by atomic mass is 10.1. The van der Waals surface area contributed by atoms with Gasteiger partial charge in [-0.05, 0) is 34.5 Å². The van der Waals surface area contributed by atoms with E-state index in [9.17, 15) is 4.79 Å². The van der Waals surface area contributed by atoms with E-state index in [2.05, 4.69) is 15.9 Å². The van der Waals surface area contributed by atoms with E-state index in [1.807, 2.05) is 25.1 Å². The third-order valence-electron chi connectivity index (χ3n) is 1.83. The first-order valence-electron chi connectivity index (χ1n) is 4.01. The van der Waals surface area contributed by atoms with Crippen LogP contribution in [0.15, 0.2) is 22.7 Å². The molecule has 0 aliphatic rings. The zero-order chi connectivity index (χ0) is 10.0. The van der Waals surface area contributed by atoms with E-state index in [0.717, 1.165) is 10.0 Å². The Morgan fingerprint density at radius 1 is 1.38 bits per heavy atom. The lowest BCUT2D eigenvalue weighted by Gasteiger charge is -2.12. The zero-order valence-electron chi connectivity index (χ0n) is 7.97. The molecule has 0 aliphatic heterocycles. The van der Waals surface area contributed by atoms with E-state index in [-0.39, 0.29) is 5.91 Å². The molecule has 0 atom stereocenters. The molecule has 0 radical (unpaired) electrons. The number of halogens is 1. The second-order valence-electron chi connectivity index (χ2n) is 3.14. The minimum Gasteiger partial charge on any atom is -0.345 e. The quantitative estimate of drug-likeness (QED) is 0.740. The lowest BCUT2D eigenvalue weighted by molar-refractivity contribution is 0.0826. The van der Waals surface area contributed by atoms with Crippen molar-refractivity contribution < 1.29 is 4.79 Å². The van der Waals surface area contributed by atoms with Crippen LogP contribution in [0.1, 0.15) is 15.9 Å². The number of hydrogen-bond donors (Lipinski definition) is 0. The summed E-state index contributed by atoms with van der Waals surface area (Å²) in [6.45, 7) is 1.97. The summed E-state index contributed by atoms with van der Waals surface area (Å²) in [6, 6.07) is 5.67. The molecule has 0 saturated heterocycles. The Bertz CT molecular complexity index is 334. The molecule has 0 spiro atoms. The molecule has 0 unspecified atom stereocenters. The van der Waals surface area contributed by atoms with Crippen LogP contribution in [-0.4, -0.2) is 24.9 Å². The SMILES string of the molecule is Cc1cccc(C(=O)N(C)C)c1Br. The highest BCUT2D eigenvalue weighted by molar-refractivity contribution is 9.10. The van der Waals surface area contributed by atoms with E-state index in [4.69, 9.17) is 0 Å². The molecule has 3 heteroatoms. The standard InChI is InChI=1S/C10H12BrNO/c1-7-5-4-6-8(9(7)11)10(13)12(2)3/h4-6H,1-3H3. The van der Waals surface area contributed by atoms with Gasteiger partial charge in [-0.3, -0.25) is 4.79 Å². The van der Waals surface area contributed by atoms with E-state index < -0.39 is 0 Å². The van der Waals surface area contributed by atoms with Gasteiger partial charge in [0.25, 0.3) is 5.91 Å². The van der Waals surface area contributed by atoms with Crippen molar-refractivity contribution in [2.24, 2.45) is 0 Å². The normalized spacial score (nSPS) is 9.85. The molecule has 1 rings (SSSR count). The topological polar surface area (TPSA) is 20.3 Å². The maximum atomic E-state index is 11.6. The van der Waals surface area contributed by atoms with Crippen molar-refractivity contribution in [2.45, 2.75) is 6.92 Å². The molecule has 1 aromatic rings. The fourth-order valence-electron chi connectivity index (χ4n) is 1.05. The van der Waals surface area contributed by atoms with E-state index >= 15 is 0 Å². The highest BCUT2D eigenvalue weighted by Crippen LogP contribution is 2.21. The zero-order valence-corrected chi connectivity index (χ0v) is 9.55. The maximum Gasteiger partial charge on any atom is 0.254 e. The van der Waals surface area contributed by atoms with Gasteiger partial charge in [-0.1, -0.05) is 12.1 Å². The summed E-state index contributed by atoms with van der Waals surface area (Å²) in [4.78, 5) is 13.2. The molecule has 0 saturated carbocycles. The maximum absolute atomic E-state index is 11.6. The second-order valence-corrected chi connectivity index (χ2v) is 3.93. The lowest BCUT2D eigenvalue weighted by Crippen LogP contribution is -2.22. The Morgan fingerprint density at radius 3 is 2.54 bits per heavy atom. The molecule has 0 fully saturated rings. The molecule has 0 aromatic heterocycles. The van der Waals surface area contributed by atoms with Crippen LogP contribution in [-0.2, 0) is 0 Å². The Hall–Kier alpha value is -0.830. The summed E-state index contributed by atoms with van der Waals surface area (Å²) in [6.07, 6.45) is 0. The number of nitrogens with zero attached hydrogens (tertiary/aromatic N) is 1. The average molecular weight is 242 g/mol. The highest BCUT2D eigenvalue weighted by Gasteiger charge is 2.12. The van der Waals surface area contributed by atoms with Crippen molar-refractivity contribution in [2.75, 3.05) is 14.1 Å². The van der Waals surface area contributed by atoms with Gasteiger partial charge >= 0.3 is 0 Å². The van der Waals surface area contributed by atoms with Crippen molar-refractivity contribution in [1.82, 2.24) is 4.90 Å². The van der Waals surface area contributed by atoms with Crippen LogP contribution in [0.3, 0.4) is 0 Å². The van der Waals surface area contributed by atoms with Gasteiger partial charge in [0.2, 0.25) is 0 Å². The molecular weight excluding hydrogens is 230 g/mol. The number of carbonyl (C=O) groups is 1. The van der Waals surface area contributed by atoms with Crippen LogP contribution in [0.4, 0.5) is 0 Å². The minimum atomic E-state index is 0.0237. The highest BCUT2D eigenvalue weighted by atomic mass is 79.9. The van der Waals surface area contributed by atoms with E-state index in [0.29, 0.717) is 5.56 Å². The molecule has 0 aliphatic carbocycles. The number of benzene rings is 1. The predicted molar refractivity (Wildman–Crippen MR) is 56.9 cm³/mol. The summed E-state index contributed by atoms with van der Waals surface area (Å²) in [7, 11) is 3.49. The first-order valence-corrected chi connectivity index (χ1v) is 4.80. The van der Waals surface area contributed by atoms with Gasteiger partial charge in [0.05, 0.1) is 5.56 Å². The van der Waals surface area contributed by atoms with Gasteiger partial charge in [-0.25, -0.2) is 0 Å². The Kier molecular flexibility index (Phi) is 3.09. The summed E-state index contributed by atoms with van der Waals surface area (Å²) < 4.78 is 0.883. The molecule has 0 N–H and O–H groups in total. The Balaban J connectivity index is 3.15. The molecule has 1 amide bonds. The third kappa shape index (κ3) is 2.10. The van der Waals surface area contributed by atoms with Gasteiger partial charge in [0.1, 0.15) is 0 Å². The van der Waals surface area contributed by atoms with Crippen LogP contribution in [0, 0.1) is 6.92 Å². The van der Waals surface area contributed by atoms with Crippen molar-refractivity contribution >= 4 is 21.8 Å². The van der Waals surface area contributed by atoms with Crippen LogP contribution >= 0.6 is 15.9 Å². The number of rotatable bonds is 1. The molecule has 1 aromatic carbocycles. The Morgan fingerprint density at radius 2 is 2.00 bits per heavy atom. The third-order valence-corrected chi connectivity index (χ3v) is 2.88. The van der Waals surface area contributed by atoms with Gasteiger partial charge in [0.15, 0.2) is 0 Å². The predicted octanol–water partition coefficient (Wildman–Crippen LogP) is 2.46. The molecular formula is C10H12BrNO. The van der Waals surface area contributed by atoms with Gasteiger partial charge in [-0.15, -0.1) is 0 Å². The van der Waals surface area contributed by atoms with Crippen LogP contribution in [0.5, 0.6) is 0 Å². The monoisotopic (exact) mass is 241 g/mol. The second kappa shape index (κ2) is 3.92. The molecule has 2 nitrogen and oxygen atoms in total. The van der Waals surface area contributed by atoms with Gasteiger partial charge in [-0.2, -0.15) is 0 Å². The van der Waals surface area contributed by atoms with Crippen molar-refractivity contribution in [3.63, 3.8) is 0 Å². The summed E-state index contributed by atoms with van der Waals surface area (Å²) in [5.74, 6) is 0.0237. The van der Waals surface area contributed by atoms with Gasteiger partial charge in [0, 0.05) is 18.6 Å². The van der Waals surface area contributed by atoms with E-state index in [1.165, 1.54) is 0 Å². The number of aryl methyl sites for hydroxylation is 1. The molecule has 13 heavy (non-hydrogen) atoms. The molecule has 0 bridgehead atoms. The Labute approximate surface area is 86.7 Å². The molecule has 70 valence electrons. The van der Waals surface area contributed by atoms with Crippen molar-refractivity contribution in [1.29, 1.82) is 0 Å². The number of carbonyl (C=O) groups excluding carboxylic acids is 1. The number of hydrogen-bond acceptors (Lipinski definition) is 1. The van der Waals surface area contributed by atoms with Gasteiger partial charge < -0.3 is 4.90 Å². The first kappa shape index (κ1) is 10.3. The fourth-order valence-corrected chi connectivity index (χ4v) is 1.49. The van der Waals surface area contributed by atoms with E-state index in [1.54, 1.807) is 19.0 Å². The summed E-state index contributed by atoms with van der Waals surface area (Å²) in [5.41, 5.74) is 1.79. The average Bonchev–Trinajstić information content (AvgIpc) is 2.08. The van der Waals surface area contributed by atoms with Crippen LogP contribution in [0.2, 0.25) is 0 Å². The molecule has 0 heterocycles. The summed E-state index contributed by atoms with van der Waals surface area (Å²) in [5, 5.41) is 0. The smallest absolute Gasteiger partial charge is 0.254 e. The van der Waals surface area contributed by atoms with Crippen molar-refractivity contribution in [3.8, 4) is 0 Å². The fraction of sp³-hybridized carbons (Fsp3) is 0.300. The van der Waals surface area contributed by atoms with Crippen LogP contribution in [0.25, 0.3) is 0 Å². The first-order chi connectivity index (χ1) is 6.04. The van der Waals surface area contributed by atoms with Crippen molar-refractivity contribution in [3.05, 3.63) is 33.8 Å². The minimum absolute atomic E-state index is 0.0237. The van der Waals surface area contributed by atoms with Crippen LogP contribution < -0.4 is 0 Å². The number of amides is 1. The largest absolute Gasteiger partial charge is 0.345 e. The summed E-state index contributed by atoms with van der Waals surface area (Å²) >= 11 is 3.40.